The van der Waals surface area contributed by atoms with Gasteiger partial charge in [0.1, 0.15) is 5.75 Å². The predicted molar refractivity (Wildman–Crippen MR) is 92.8 cm³/mol. The van der Waals surface area contributed by atoms with Crippen molar-refractivity contribution in [3.63, 3.8) is 0 Å². The molecular formula is C14H24IN3O2. The number of rotatable bonds is 8. The number of para-hydroxylation sites is 1. The molecule has 0 aromatic heterocycles. The SMILES string of the molecule is COCCCCNC(N)=NCc1ccccc1OC.I. The normalized spacial score (nSPS) is 10.8. The molecule has 1 rings (SSSR count). The van der Waals surface area contributed by atoms with Crippen molar-refractivity contribution in [2.24, 2.45) is 10.7 Å². The molecule has 6 heteroatoms. The number of unbranched alkanes of at least 4 members (excludes halogenated alkanes) is 1. The molecule has 1 aromatic carbocycles. The first-order valence-electron chi connectivity index (χ1n) is 6.42. The lowest BCUT2D eigenvalue weighted by Gasteiger charge is -2.07. The first kappa shape index (κ1) is 19.0. The molecule has 3 N–H and O–H groups in total. The van der Waals surface area contributed by atoms with Gasteiger partial charge in [-0.25, -0.2) is 4.99 Å². The first-order valence-corrected chi connectivity index (χ1v) is 6.42. The van der Waals surface area contributed by atoms with E-state index in [4.69, 9.17) is 15.2 Å². The van der Waals surface area contributed by atoms with E-state index in [-0.39, 0.29) is 24.0 Å². The van der Waals surface area contributed by atoms with Crippen LogP contribution in [-0.4, -0.2) is 33.3 Å². The van der Waals surface area contributed by atoms with Gasteiger partial charge in [0.25, 0.3) is 0 Å². The second kappa shape index (κ2) is 11.8. The molecule has 0 saturated heterocycles. The third kappa shape index (κ3) is 7.54. The molecule has 20 heavy (non-hydrogen) atoms. The molecule has 5 nitrogen and oxygen atoms in total. The van der Waals surface area contributed by atoms with Crippen molar-refractivity contribution in [1.29, 1.82) is 0 Å². The van der Waals surface area contributed by atoms with Crippen molar-refractivity contribution in [3.8, 4) is 5.75 Å². The van der Waals surface area contributed by atoms with Gasteiger partial charge in [-0.1, -0.05) is 18.2 Å². The zero-order valence-electron chi connectivity index (χ0n) is 12.1. The van der Waals surface area contributed by atoms with E-state index in [0.29, 0.717) is 12.5 Å². The summed E-state index contributed by atoms with van der Waals surface area (Å²) in [5, 5.41) is 3.08. The number of benzene rings is 1. The fourth-order valence-corrected chi connectivity index (χ4v) is 1.65. The van der Waals surface area contributed by atoms with E-state index in [1.807, 2.05) is 24.3 Å². The molecule has 0 spiro atoms. The summed E-state index contributed by atoms with van der Waals surface area (Å²) in [7, 11) is 3.36. The molecule has 0 amide bonds. The Morgan fingerprint density at radius 3 is 2.70 bits per heavy atom. The van der Waals surface area contributed by atoms with E-state index in [1.165, 1.54) is 0 Å². The maximum atomic E-state index is 5.79. The molecule has 0 atom stereocenters. The summed E-state index contributed by atoms with van der Waals surface area (Å²) < 4.78 is 10.2. The van der Waals surface area contributed by atoms with Crippen LogP contribution in [0.5, 0.6) is 5.75 Å². The molecule has 0 heterocycles. The minimum Gasteiger partial charge on any atom is -0.496 e. The van der Waals surface area contributed by atoms with Crippen LogP contribution in [0.15, 0.2) is 29.3 Å². The Balaban J connectivity index is 0.00000361. The second-order valence-corrected chi connectivity index (χ2v) is 4.14. The van der Waals surface area contributed by atoms with Gasteiger partial charge in [0.05, 0.1) is 13.7 Å². The molecule has 1 aromatic rings. The molecule has 114 valence electrons. The smallest absolute Gasteiger partial charge is 0.188 e. The molecule has 0 fully saturated rings. The van der Waals surface area contributed by atoms with Gasteiger partial charge in [-0.15, -0.1) is 24.0 Å². The molecule has 0 aliphatic heterocycles. The van der Waals surface area contributed by atoms with Gasteiger partial charge >= 0.3 is 0 Å². The molecule has 0 unspecified atom stereocenters. The van der Waals surface area contributed by atoms with Crippen molar-refractivity contribution < 1.29 is 9.47 Å². The Bertz CT molecular complexity index is 400. The quantitative estimate of drug-likeness (QED) is 0.307. The Morgan fingerprint density at radius 1 is 1.25 bits per heavy atom. The Hall–Kier alpha value is -1.02. The Kier molecular flexibility index (Phi) is 11.2. The van der Waals surface area contributed by atoms with E-state index < -0.39 is 0 Å². The van der Waals surface area contributed by atoms with E-state index in [9.17, 15) is 0 Å². The van der Waals surface area contributed by atoms with Crippen LogP contribution in [0.4, 0.5) is 0 Å². The highest BCUT2D eigenvalue weighted by Gasteiger charge is 2.00. The highest BCUT2D eigenvalue weighted by molar-refractivity contribution is 14.0. The van der Waals surface area contributed by atoms with Crippen LogP contribution in [0.3, 0.4) is 0 Å². The standard InChI is InChI=1S/C14H23N3O2.HI/c1-18-10-6-5-9-16-14(15)17-11-12-7-3-4-8-13(12)19-2;/h3-4,7-8H,5-6,9-11H2,1-2H3,(H3,15,16,17);1H. The first-order chi connectivity index (χ1) is 9.27. The fourth-order valence-electron chi connectivity index (χ4n) is 1.65. The molecule has 0 radical (unpaired) electrons. The van der Waals surface area contributed by atoms with Crippen molar-refractivity contribution >= 4 is 29.9 Å². The summed E-state index contributed by atoms with van der Waals surface area (Å²) in [6, 6.07) is 7.79. The van der Waals surface area contributed by atoms with E-state index in [0.717, 1.165) is 37.3 Å². The number of halogens is 1. The molecule has 0 bridgehead atoms. The number of guanidine groups is 1. The Morgan fingerprint density at radius 2 is 2.00 bits per heavy atom. The van der Waals surface area contributed by atoms with Gasteiger partial charge < -0.3 is 20.5 Å². The topological polar surface area (TPSA) is 68.9 Å². The van der Waals surface area contributed by atoms with Crippen LogP contribution in [-0.2, 0) is 11.3 Å². The average Bonchev–Trinajstić information content (AvgIpc) is 2.45. The summed E-state index contributed by atoms with van der Waals surface area (Å²) >= 11 is 0. The predicted octanol–water partition coefficient (Wildman–Crippen LogP) is 2.14. The number of methoxy groups -OCH3 is 2. The number of nitrogens with two attached hydrogens (primary N) is 1. The minimum atomic E-state index is 0. The van der Waals surface area contributed by atoms with E-state index >= 15 is 0 Å². The zero-order chi connectivity index (χ0) is 13.9. The summed E-state index contributed by atoms with van der Waals surface area (Å²) in [6.07, 6.45) is 2.03. The fraction of sp³-hybridized carbons (Fsp3) is 0.500. The van der Waals surface area contributed by atoms with E-state index in [2.05, 4.69) is 10.3 Å². The highest BCUT2D eigenvalue weighted by atomic mass is 127. The summed E-state index contributed by atoms with van der Waals surface area (Å²) in [4.78, 5) is 4.29. The molecular weight excluding hydrogens is 369 g/mol. The monoisotopic (exact) mass is 393 g/mol. The average molecular weight is 393 g/mol. The van der Waals surface area contributed by atoms with E-state index in [1.54, 1.807) is 14.2 Å². The van der Waals surface area contributed by atoms with Crippen molar-refractivity contribution in [1.82, 2.24) is 5.32 Å². The number of nitrogens with one attached hydrogen (secondary N) is 1. The number of aliphatic imine (C=N–C) groups is 1. The third-order valence-corrected chi connectivity index (χ3v) is 2.69. The number of hydrogen-bond donors (Lipinski definition) is 2. The van der Waals surface area contributed by atoms with Crippen LogP contribution >= 0.6 is 24.0 Å². The summed E-state index contributed by atoms with van der Waals surface area (Å²) in [5.74, 6) is 1.29. The number of hydrogen-bond acceptors (Lipinski definition) is 3. The zero-order valence-corrected chi connectivity index (χ0v) is 14.4. The van der Waals surface area contributed by atoms with Gasteiger partial charge in [0.15, 0.2) is 5.96 Å². The van der Waals surface area contributed by atoms with Gasteiger partial charge in [0, 0.05) is 25.8 Å². The maximum absolute atomic E-state index is 5.79. The van der Waals surface area contributed by atoms with Crippen LogP contribution < -0.4 is 15.8 Å². The van der Waals surface area contributed by atoms with Gasteiger partial charge in [-0.05, 0) is 18.9 Å². The van der Waals surface area contributed by atoms with Crippen molar-refractivity contribution in [3.05, 3.63) is 29.8 Å². The van der Waals surface area contributed by atoms with Gasteiger partial charge in [0.2, 0.25) is 0 Å². The second-order valence-electron chi connectivity index (χ2n) is 4.14. The summed E-state index contributed by atoms with van der Waals surface area (Å²) in [6.45, 7) is 2.10. The van der Waals surface area contributed by atoms with Crippen LogP contribution in [0.1, 0.15) is 18.4 Å². The highest BCUT2D eigenvalue weighted by Crippen LogP contribution is 2.17. The Labute approximate surface area is 138 Å². The number of nitrogens with zero attached hydrogens (tertiary/aromatic N) is 1. The largest absolute Gasteiger partial charge is 0.496 e. The molecule has 0 aliphatic carbocycles. The van der Waals surface area contributed by atoms with Gasteiger partial charge in [-0.2, -0.15) is 0 Å². The van der Waals surface area contributed by atoms with Crippen LogP contribution in [0.25, 0.3) is 0 Å². The number of ether oxygens (including phenoxy) is 2. The van der Waals surface area contributed by atoms with Crippen LogP contribution in [0.2, 0.25) is 0 Å². The maximum Gasteiger partial charge on any atom is 0.188 e. The third-order valence-electron chi connectivity index (χ3n) is 2.69. The van der Waals surface area contributed by atoms with Crippen LogP contribution in [0, 0.1) is 0 Å². The minimum absolute atomic E-state index is 0. The summed E-state index contributed by atoms with van der Waals surface area (Å²) in [5.41, 5.74) is 6.82. The molecule has 0 aliphatic rings. The van der Waals surface area contributed by atoms with Gasteiger partial charge in [-0.3, -0.25) is 0 Å². The lowest BCUT2D eigenvalue weighted by Crippen LogP contribution is -2.32. The van der Waals surface area contributed by atoms with Crippen molar-refractivity contribution in [2.75, 3.05) is 27.4 Å². The lowest BCUT2D eigenvalue weighted by atomic mass is 10.2. The molecule has 0 saturated carbocycles. The lowest BCUT2D eigenvalue weighted by molar-refractivity contribution is 0.193. The van der Waals surface area contributed by atoms with Crippen molar-refractivity contribution in [2.45, 2.75) is 19.4 Å².